The topological polar surface area (TPSA) is 8.82 Å². The van der Waals surface area contributed by atoms with Crippen LogP contribution < -0.4 is 0 Å². The first-order chi connectivity index (χ1) is 19.9. The van der Waals surface area contributed by atoms with Crippen molar-refractivity contribution in [3.8, 4) is 0 Å². The fraction of sp³-hybridized carbons (Fsp3) is 0. The summed E-state index contributed by atoms with van der Waals surface area (Å²) in [5.74, 6) is 0. The third-order valence-electron chi connectivity index (χ3n) is 8.99. The highest BCUT2D eigenvalue weighted by Gasteiger charge is 2.21. The molecule has 0 aliphatic rings. The number of benzene rings is 7. The first-order valence-electron chi connectivity index (χ1n) is 13.9. The Balaban J connectivity index is 1.73. The minimum Gasteiger partial charge on any atom is -0.307 e. The Labute approximate surface area is 228 Å². The van der Waals surface area contributed by atoms with Crippen molar-refractivity contribution in [2.45, 2.75) is 0 Å². The van der Waals surface area contributed by atoms with E-state index in [9.17, 15) is 0 Å². The minimum atomic E-state index is 1.22. The fourth-order valence-corrected chi connectivity index (χ4v) is 7.43. The summed E-state index contributed by atoms with van der Waals surface area (Å²) in [6.07, 6.45) is 0. The number of para-hydroxylation sites is 3. The fourth-order valence-electron chi connectivity index (χ4n) is 7.43. The Morgan fingerprint density at radius 1 is 0.300 bits per heavy atom. The second-order valence-corrected chi connectivity index (χ2v) is 10.9. The predicted octanol–water partition coefficient (Wildman–Crippen LogP) is 10.3. The van der Waals surface area contributed by atoms with Gasteiger partial charge in [0.2, 0.25) is 0 Å². The highest BCUT2D eigenvalue weighted by molar-refractivity contribution is 6.33. The van der Waals surface area contributed by atoms with Gasteiger partial charge in [-0.3, -0.25) is 0 Å². The Kier molecular flexibility index (Phi) is 3.70. The van der Waals surface area contributed by atoms with Crippen LogP contribution in [-0.4, -0.2) is 8.80 Å². The lowest BCUT2D eigenvalue weighted by Gasteiger charge is -2.12. The van der Waals surface area contributed by atoms with E-state index in [2.05, 4.69) is 142 Å². The van der Waals surface area contributed by atoms with Gasteiger partial charge in [-0.2, -0.15) is 0 Å². The summed E-state index contributed by atoms with van der Waals surface area (Å²) in [5.41, 5.74) is 7.46. The summed E-state index contributed by atoms with van der Waals surface area (Å²) in [6, 6.07) is 49.3. The van der Waals surface area contributed by atoms with Crippen LogP contribution in [0.5, 0.6) is 0 Å². The van der Waals surface area contributed by atoms with E-state index in [1.54, 1.807) is 0 Å². The lowest BCUT2D eigenvalue weighted by molar-refractivity contribution is 1.30. The molecule has 0 fully saturated rings. The van der Waals surface area contributed by atoms with Crippen molar-refractivity contribution in [3.05, 3.63) is 133 Å². The van der Waals surface area contributed by atoms with Crippen LogP contribution in [-0.2, 0) is 0 Å². The second kappa shape index (κ2) is 7.19. The maximum Gasteiger partial charge on any atom is 0.0789 e. The number of hydrogen-bond acceptors (Lipinski definition) is 0. The van der Waals surface area contributed by atoms with E-state index in [0.29, 0.717) is 0 Å². The van der Waals surface area contributed by atoms with Crippen molar-refractivity contribution >= 4 is 87.0 Å². The molecule has 10 rings (SSSR count). The molecule has 0 saturated heterocycles. The van der Waals surface area contributed by atoms with Gasteiger partial charge in [-0.15, -0.1) is 0 Å². The van der Waals surface area contributed by atoms with Crippen molar-refractivity contribution < 1.29 is 0 Å². The van der Waals surface area contributed by atoms with Gasteiger partial charge in [0, 0.05) is 32.3 Å². The smallest absolute Gasteiger partial charge is 0.0789 e. The van der Waals surface area contributed by atoms with Crippen LogP contribution in [0.15, 0.2) is 133 Å². The summed E-state index contributed by atoms with van der Waals surface area (Å²) >= 11 is 0. The average Bonchev–Trinajstić information content (AvgIpc) is 3.54. The van der Waals surface area contributed by atoms with Gasteiger partial charge in [0.15, 0.2) is 0 Å². The monoisotopic (exact) mass is 506 g/mol. The molecule has 0 saturated carbocycles. The highest BCUT2D eigenvalue weighted by Crippen LogP contribution is 2.44. The summed E-state index contributed by atoms with van der Waals surface area (Å²) in [6.45, 7) is 0. The Morgan fingerprint density at radius 3 is 1.52 bits per heavy atom. The molecular weight excluding hydrogens is 484 g/mol. The van der Waals surface area contributed by atoms with Gasteiger partial charge in [0.05, 0.1) is 33.1 Å². The number of aromatic nitrogens is 2. The van der Waals surface area contributed by atoms with Crippen molar-refractivity contribution in [2.24, 2.45) is 0 Å². The quantitative estimate of drug-likeness (QED) is 0.193. The lowest BCUT2D eigenvalue weighted by Crippen LogP contribution is -1.94. The third-order valence-corrected chi connectivity index (χ3v) is 8.99. The van der Waals surface area contributed by atoms with Crippen LogP contribution in [0.25, 0.3) is 87.0 Å². The molecule has 2 heteroatoms. The molecule has 184 valence electrons. The van der Waals surface area contributed by atoms with Crippen molar-refractivity contribution in [3.63, 3.8) is 0 Å². The zero-order valence-corrected chi connectivity index (χ0v) is 21.6. The van der Waals surface area contributed by atoms with Crippen molar-refractivity contribution in [2.75, 3.05) is 0 Å². The molecule has 0 spiro atoms. The van der Waals surface area contributed by atoms with Gasteiger partial charge in [0.1, 0.15) is 0 Å². The van der Waals surface area contributed by atoms with E-state index in [0.717, 1.165) is 0 Å². The van der Waals surface area contributed by atoms with Crippen LogP contribution in [0.1, 0.15) is 0 Å². The largest absolute Gasteiger partial charge is 0.307 e. The van der Waals surface area contributed by atoms with E-state index < -0.39 is 0 Å². The predicted molar refractivity (Wildman–Crippen MR) is 171 cm³/mol. The van der Waals surface area contributed by atoms with Gasteiger partial charge >= 0.3 is 0 Å². The van der Waals surface area contributed by atoms with Crippen LogP contribution in [0.2, 0.25) is 0 Å². The maximum absolute atomic E-state index is 2.53. The highest BCUT2D eigenvalue weighted by atomic mass is 15.0. The molecule has 2 nitrogen and oxygen atoms in total. The Morgan fingerprint density at radius 2 is 0.825 bits per heavy atom. The molecular formula is C38H22N2. The molecule has 0 unspecified atom stereocenters. The maximum atomic E-state index is 2.53. The first kappa shape index (κ1) is 20.6. The van der Waals surface area contributed by atoms with E-state index in [4.69, 9.17) is 0 Å². The standard InChI is InChI=1S/C38H22N2/c1-3-12-25-23(10-1)20-21-33-35(25)36-26-13-4-2-11-24(26)22-34-38(36)39(33)31-18-7-5-14-27(31)29-16-9-17-30-28-15-6-8-19-32(28)40(34)37(29)30/h1-22H. The molecule has 3 heterocycles. The Hall–Kier alpha value is -5.34. The molecule has 0 atom stereocenters. The van der Waals surface area contributed by atoms with Gasteiger partial charge in [-0.1, -0.05) is 109 Å². The van der Waals surface area contributed by atoms with Gasteiger partial charge in [-0.05, 0) is 45.8 Å². The van der Waals surface area contributed by atoms with Gasteiger partial charge in [0.25, 0.3) is 0 Å². The molecule has 3 aromatic heterocycles. The minimum absolute atomic E-state index is 1.22. The van der Waals surface area contributed by atoms with Gasteiger partial charge < -0.3 is 8.80 Å². The number of rotatable bonds is 0. The second-order valence-electron chi connectivity index (χ2n) is 10.9. The van der Waals surface area contributed by atoms with Crippen LogP contribution in [0, 0.1) is 0 Å². The van der Waals surface area contributed by atoms with Gasteiger partial charge in [-0.25, -0.2) is 0 Å². The molecule has 0 aliphatic heterocycles. The van der Waals surface area contributed by atoms with Crippen molar-refractivity contribution in [1.82, 2.24) is 8.80 Å². The van der Waals surface area contributed by atoms with E-state index in [1.165, 1.54) is 87.0 Å². The third kappa shape index (κ3) is 2.36. The molecule has 10 aromatic rings. The number of fused-ring (bicyclic) bond motifs is 14. The summed E-state index contributed by atoms with van der Waals surface area (Å²) in [5, 5.41) is 12.8. The van der Waals surface area contributed by atoms with E-state index in [1.807, 2.05) is 0 Å². The van der Waals surface area contributed by atoms with Crippen molar-refractivity contribution in [1.29, 1.82) is 0 Å². The van der Waals surface area contributed by atoms with E-state index >= 15 is 0 Å². The zero-order valence-electron chi connectivity index (χ0n) is 21.6. The van der Waals surface area contributed by atoms with Crippen LogP contribution >= 0.6 is 0 Å². The van der Waals surface area contributed by atoms with E-state index in [-0.39, 0.29) is 0 Å². The summed E-state index contributed by atoms with van der Waals surface area (Å²) in [4.78, 5) is 0. The zero-order chi connectivity index (χ0) is 25.9. The molecule has 0 amide bonds. The summed E-state index contributed by atoms with van der Waals surface area (Å²) in [7, 11) is 0. The van der Waals surface area contributed by atoms with Crippen LogP contribution in [0.4, 0.5) is 0 Å². The Bertz CT molecular complexity index is 2700. The number of nitrogens with zero attached hydrogens (tertiary/aromatic N) is 2. The normalized spacial score (nSPS) is 12.5. The molecule has 0 N–H and O–H groups in total. The molecule has 0 radical (unpaired) electrons. The molecule has 0 bridgehead atoms. The lowest BCUT2D eigenvalue weighted by atomic mass is 9.99. The first-order valence-corrected chi connectivity index (χ1v) is 13.9. The van der Waals surface area contributed by atoms with Crippen LogP contribution in [0.3, 0.4) is 0 Å². The summed E-state index contributed by atoms with van der Waals surface area (Å²) < 4.78 is 5.06. The molecule has 0 aliphatic carbocycles. The molecule has 40 heavy (non-hydrogen) atoms. The SMILES string of the molecule is c1ccc2c(c1)ccc1c2c2c3ccccc3cc3c2n1c1ccccc1c1cccc2c4ccccc4n3c21. The molecule has 7 aromatic carbocycles. The number of hydrogen-bond donors (Lipinski definition) is 0. The average molecular weight is 507 g/mol.